The summed E-state index contributed by atoms with van der Waals surface area (Å²) >= 11 is 0. The van der Waals surface area contributed by atoms with Gasteiger partial charge in [0.1, 0.15) is 0 Å². The summed E-state index contributed by atoms with van der Waals surface area (Å²) in [5, 5.41) is 8.75. The van der Waals surface area contributed by atoms with E-state index >= 15 is 0 Å². The molecule has 0 aromatic heterocycles. The summed E-state index contributed by atoms with van der Waals surface area (Å²) in [6.07, 6.45) is 4.83. The molecule has 0 heterocycles. The van der Waals surface area contributed by atoms with Crippen LogP contribution in [0.25, 0.3) is 0 Å². The molecule has 0 saturated carbocycles. The van der Waals surface area contributed by atoms with Crippen LogP contribution in [-0.2, 0) is 0 Å². The second kappa shape index (κ2) is 10.2. The molecule has 0 radical (unpaired) electrons. The molecule has 0 saturated heterocycles. The van der Waals surface area contributed by atoms with Gasteiger partial charge in [-0.1, -0.05) is 33.1 Å². The molecule has 0 aliphatic rings. The van der Waals surface area contributed by atoms with Crippen molar-refractivity contribution < 1.29 is 5.11 Å². The minimum absolute atomic E-state index is 0. The van der Waals surface area contributed by atoms with E-state index in [9.17, 15) is 0 Å². The van der Waals surface area contributed by atoms with Crippen molar-refractivity contribution in [3.63, 3.8) is 0 Å². The Balaban J connectivity index is 0. The molecule has 0 fully saturated rings. The molecule has 10 heavy (non-hydrogen) atoms. The molecule has 0 spiro atoms. The van der Waals surface area contributed by atoms with Gasteiger partial charge in [-0.3, -0.25) is 0 Å². The van der Waals surface area contributed by atoms with Crippen LogP contribution in [0.5, 0.6) is 0 Å². The van der Waals surface area contributed by atoms with Gasteiger partial charge in [-0.05, 0) is 12.3 Å². The van der Waals surface area contributed by atoms with Crippen LogP contribution in [0.3, 0.4) is 0 Å². The van der Waals surface area contributed by atoms with Crippen molar-refractivity contribution >= 4 is 37.7 Å². The number of aliphatic hydroxyl groups is 1. The number of hydrogen-bond donors (Lipinski definition) is 1. The van der Waals surface area contributed by atoms with Crippen molar-refractivity contribution in [2.24, 2.45) is 5.92 Å². The summed E-state index contributed by atoms with van der Waals surface area (Å²) in [6, 6.07) is 0. The molecular weight excluding hydrogens is 152 g/mol. The van der Waals surface area contributed by atoms with Crippen molar-refractivity contribution in [2.75, 3.05) is 6.61 Å². The van der Waals surface area contributed by atoms with Crippen molar-refractivity contribution in [1.82, 2.24) is 0 Å². The Morgan fingerprint density at radius 1 is 1.30 bits per heavy atom. The third-order valence-electron chi connectivity index (χ3n) is 1.80. The minimum atomic E-state index is 0. The Labute approximate surface area is 94.2 Å². The Morgan fingerprint density at radius 3 is 2.20 bits per heavy atom. The number of unbranched alkanes of at least 4 members (excludes halogenated alkanes) is 1. The Morgan fingerprint density at radius 2 is 1.90 bits per heavy atom. The van der Waals surface area contributed by atoms with Crippen LogP contribution in [0, 0.1) is 5.92 Å². The summed E-state index contributed by atoms with van der Waals surface area (Å²) in [5.74, 6) is 0.560. The fourth-order valence-electron chi connectivity index (χ4n) is 0.917. The molecule has 1 nitrogen and oxygen atoms in total. The fraction of sp³-hybridized carbons (Fsp3) is 1.00. The molecule has 1 N–H and O–H groups in total. The molecule has 60 valence electrons. The Bertz CT molecular complexity index is 53.2. The normalized spacial score (nSPS) is 12.3. The average Bonchev–Trinajstić information content (AvgIpc) is 1.91. The quantitative estimate of drug-likeness (QED) is 0.619. The van der Waals surface area contributed by atoms with Gasteiger partial charge in [-0.2, -0.15) is 0 Å². The molecule has 1 atom stereocenters. The van der Waals surface area contributed by atoms with Crippen LogP contribution >= 0.6 is 0 Å². The van der Waals surface area contributed by atoms with E-state index in [1.165, 1.54) is 19.3 Å². The van der Waals surface area contributed by atoms with Crippen molar-refractivity contribution in [2.45, 2.75) is 39.5 Å². The molecular formula is C8H20CaO. The van der Waals surface area contributed by atoms with Gasteiger partial charge in [0.15, 0.2) is 0 Å². The number of hydrogen-bond acceptors (Lipinski definition) is 1. The third-order valence-corrected chi connectivity index (χ3v) is 1.80. The van der Waals surface area contributed by atoms with E-state index < -0.39 is 0 Å². The molecule has 0 aromatic carbocycles. The van der Waals surface area contributed by atoms with Gasteiger partial charge >= 0.3 is 37.7 Å². The third kappa shape index (κ3) is 7.33. The average molecular weight is 172 g/mol. The summed E-state index contributed by atoms with van der Waals surface area (Å²) in [7, 11) is 0. The van der Waals surface area contributed by atoms with Crippen LogP contribution in [0.4, 0.5) is 0 Å². The first-order valence-corrected chi connectivity index (χ1v) is 3.96. The summed E-state index contributed by atoms with van der Waals surface area (Å²) in [6.45, 7) is 4.69. The SMILES string of the molecule is CCCCC(CC)CO.[CaH2]. The van der Waals surface area contributed by atoms with Crippen molar-refractivity contribution in [1.29, 1.82) is 0 Å². The first-order chi connectivity index (χ1) is 4.35. The van der Waals surface area contributed by atoms with Gasteiger partial charge in [0, 0.05) is 6.61 Å². The van der Waals surface area contributed by atoms with Gasteiger partial charge < -0.3 is 5.11 Å². The molecule has 2 heteroatoms. The van der Waals surface area contributed by atoms with E-state index in [1.54, 1.807) is 0 Å². The van der Waals surface area contributed by atoms with Crippen LogP contribution in [-0.4, -0.2) is 49.5 Å². The molecule has 0 aliphatic heterocycles. The second-order valence-corrected chi connectivity index (χ2v) is 2.60. The van der Waals surface area contributed by atoms with E-state index in [1.807, 2.05) is 0 Å². The summed E-state index contributed by atoms with van der Waals surface area (Å²) in [4.78, 5) is 0. The second-order valence-electron chi connectivity index (χ2n) is 2.60. The zero-order chi connectivity index (χ0) is 7.11. The predicted octanol–water partition coefficient (Wildman–Crippen LogP) is 1.28. The Kier molecular flexibility index (Phi) is 14.1. The maximum absolute atomic E-state index is 8.75. The molecule has 0 bridgehead atoms. The van der Waals surface area contributed by atoms with Crippen molar-refractivity contribution in [3.05, 3.63) is 0 Å². The first-order valence-electron chi connectivity index (χ1n) is 3.96. The van der Waals surface area contributed by atoms with E-state index in [0.717, 1.165) is 6.42 Å². The van der Waals surface area contributed by atoms with Crippen LogP contribution in [0.2, 0.25) is 0 Å². The monoisotopic (exact) mass is 172 g/mol. The topological polar surface area (TPSA) is 20.2 Å². The fourth-order valence-corrected chi connectivity index (χ4v) is 0.917. The number of aliphatic hydroxyl groups excluding tert-OH is 1. The molecule has 0 aromatic rings. The van der Waals surface area contributed by atoms with Crippen LogP contribution in [0.15, 0.2) is 0 Å². The van der Waals surface area contributed by atoms with Crippen LogP contribution in [0.1, 0.15) is 39.5 Å². The van der Waals surface area contributed by atoms with Crippen LogP contribution < -0.4 is 0 Å². The van der Waals surface area contributed by atoms with E-state index in [-0.39, 0.29) is 37.7 Å². The van der Waals surface area contributed by atoms with Gasteiger partial charge in [-0.15, -0.1) is 0 Å². The standard InChI is InChI=1S/C8H18O.Ca.2H/c1-3-5-6-8(4-2)7-9;;;/h8-9H,3-7H2,1-2H3;;;. The van der Waals surface area contributed by atoms with E-state index in [4.69, 9.17) is 5.11 Å². The zero-order valence-electron chi connectivity index (χ0n) is 6.56. The van der Waals surface area contributed by atoms with Gasteiger partial charge in [-0.25, -0.2) is 0 Å². The van der Waals surface area contributed by atoms with Gasteiger partial charge in [0.05, 0.1) is 0 Å². The van der Waals surface area contributed by atoms with E-state index in [0.29, 0.717) is 12.5 Å². The molecule has 0 rings (SSSR count). The molecule has 0 amide bonds. The summed E-state index contributed by atoms with van der Waals surface area (Å²) in [5.41, 5.74) is 0. The number of rotatable bonds is 5. The predicted molar refractivity (Wildman–Crippen MR) is 48.9 cm³/mol. The maximum atomic E-state index is 8.75. The summed E-state index contributed by atoms with van der Waals surface area (Å²) < 4.78 is 0. The van der Waals surface area contributed by atoms with Gasteiger partial charge in [0.2, 0.25) is 0 Å². The van der Waals surface area contributed by atoms with E-state index in [2.05, 4.69) is 13.8 Å². The Hall–Kier alpha value is 1.22. The van der Waals surface area contributed by atoms with Crippen molar-refractivity contribution in [3.8, 4) is 0 Å². The zero-order valence-corrected chi connectivity index (χ0v) is 6.56. The first kappa shape index (κ1) is 13.8. The van der Waals surface area contributed by atoms with Gasteiger partial charge in [0.25, 0.3) is 0 Å². The molecule has 1 unspecified atom stereocenters. The molecule has 0 aliphatic carbocycles.